The average Bonchev–Trinajstić information content (AvgIpc) is 3.13. The van der Waals surface area contributed by atoms with Gasteiger partial charge in [-0.2, -0.15) is 0 Å². The van der Waals surface area contributed by atoms with E-state index in [1.807, 2.05) is 0 Å². The maximum Gasteiger partial charge on any atom is 0.322 e. The van der Waals surface area contributed by atoms with Crippen LogP contribution in [0, 0.1) is 0 Å². The molecule has 92 valence electrons. The van der Waals surface area contributed by atoms with E-state index in [2.05, 4.69) is 5.32 Å². The zero-order chi connectivity index (χ0) is 12.3. The summed E-state index contributed by atoms with van der Waals surface area (Å²) in [5.74, 6) is 0. The molecular formula is C12H17N3O2. The molecular weight excluding hydrogens is 218 g/mol. The highest BCUT2D eigenvalue weighted by molar-refractivity contribution is 5.89. The third kappa shape index (κ3) is 3.10. The van der Waals surface area contributed by atoms with Crippen LogP contribution in [0.3, 0.4) is 0 Å². The molecule has 1 aliphatic carbocycles. The van der Waals surface area contributed by atoms with Crippen LogP contribution < -0.4 is 11.1 Å². The Morgan fingerprint density at radius 1 is 1.41 bits per heavy atom. The predicted octanol–water partition coefficient (Wildman–Crippen LogP) is 1.26. The van der Waals surface area contributed by atoms with Gasteiger partial charge in [0, 0.05) is 24.0 Å². The monoisotopic (exact) mass is 235 g/mol. The fraction of sp³-hybridized carbons (Fsp3) is 0.417. The van der Waals surface area contributed by atoms with Gasteiger partial charge in [0.25, 0.3) is 0 Å². The number of nitrogen functional groups attached to an aromatic ring is 1. The van der Waals surface area contributed by atoms with Crippen molar-refractivity contribution in [3.63, 3.8) is 0 Å². The maximum absolute atomic E-state index is 11.9. The van der Waals surface area contributed by atoms with Gasteiger partial charge in [0.05, 0.1) is 6.61 Å². The van der Waals surface area contributed by atoms with Gasteiger partial charge in [-0.15, -0.1) is 0 Å². The lowest BCUT2D eigenvalue weighted by molar-refractivity contribution is 0.185. The number of hydrogen-bond acceptors (Lipinski definition) is 3. The number of amides is 2. The number of aliphatic hydroxyl groups is 1. The molecule has 0 unspecified atom stereocenters. The number of nitrogens with zero attached hydrogens (tertiary/aromatic N) is 1. The van der Waals surface area contributed by atoms with Crippen LogP contribution in [0.2, 0.25) is 0 Å². The van der Waals surface area contributed by atoms with Crippen LogP contribution in [0.5, 0.6) is 0 Å². The summed E-state index contributed by atoms with van der Waals surface area (Å²) in [5.41, 5.74) is 6.95. The van der Waals surface area contributed by atoms with Crippen molar-refractivity contribution in [2.45, 2.75) is 18.9 Å². The summed E-state index contributed by atoms with van der Waals surface area (Å²) in [6.07, 6.45) is 2.05. The van der Waals surface area contributed by atoms with Crippen molar-refractivity contribution in [3.8, 4) is 0 Å². The summed E-state index contributed by atoms with van der Waals surface area (Å²) in [6, 6.07) is 7.13. The zero-order valence-corrected chi connectivity index (χ0v) is 9.60. The van der Waals surface area contributed by atoms with E-state index in [-0.39, 0.29) is 18.7 Å². The molecule has 0 radical (unpaired) electrons. The standard InChI is InChI=1S/C12H17N3O2/c13-9-1-3-10(4-2-9)14-12(17)15(7-8-16)11-5-6-11/h1-4,11,16H,5-8,13H2,(H,14,17). The second-order valence-electron chi connectivity index (χ2n) is 4.20. The summed E-state index contributed by atoms with van der Waals surface area (Å²) in [7, 11) is 0. The number of hydrogen-bond donors (Lipinski definition) is 3. The Bertz CT molecular complexity index is 387. The fourth-order valence-electron chi connectivity index (χ4n) is 1.71. The van der Waals surface area contributed by atoms with Crippen molar-refractivity contribution in [2.75, 3.05) is 24.2 Å². The van der Waals surface area contributed by atoms with E-state index in [0.29, 0.717) is 17.9 Å². The van der Waals surface area contributed by atoms with Gasteiger partial charge >= 0.3 is 6.03 Å². The van der Waals surface area contributed by atoms with Gasteiger partial charge in [-0.25, -0.2) is 4.79 Å². The lowest BCUT2D eigenvalue weighted by Gasteiger charge is -2.21. The minimum atomic E-state index is -0.161. The number of carbonyl (C=O) groups is 1. The molecule has 5 heteroatoms. The highest BCUT2D eigenvalue weighted by Gasteiger charge is 2.32. The number of anilines is 2. The van der Waals surface area contributed by atoms with Crippen LogP contribution in [-0.4, -0.2) is 35.2 Å². The third-order valence-electron chi connectivity index (χ3n) is 2.75. The Morgan fingerprint density at radius 3 is 2.59 bits per heavy atom. The summed E-state index contributed by atoms with van der Waals surface area (Å²) in [5, 5.41) is 11.7. The number of nitrogens with one attached hydrogen (secondary N) is 1. The van der Waals surface area contributed by atoms with Crippen LogP contribution in [0.15, 0.2) is 24.3 Å². The van der Waals surface area contributed by atoms with Gasteiger partial charge < -0.3 is 21.1 Å². The first-order valence-electron chi connectivity index (χ1n) is 5.74. The number of benzene rings is 1. The van der Waals surface area contributed by atoms with Crippen molar-refractivity contribution in [3.05, 3.63) is 24.3 Å². The molecule has 0 aliphatic heterocycles. The first kappa shape index (κ1) is 11.7. The van der Waals surface area contributed by atoms with E-state index in [1.54, 1.807) is 29.2 Å². The average molecular weight is 235 g/mol. The highest BCUT2D eigenvalue weighted by Crippen LogP contribution is 2.27. The zero-order valence-electron chi connectivity index (χ0n) is 9.60. The normalized spacial score (nSPS) is 14.4. The smallest absolute Gasteiger partial charge is 0.322 e. The molecule has 0 saturated heterocycles. The number of nitrogens with two attached hydrogens (primary N) is 1. The van der Waals surface area contributed by atoms with Gasteiger partial charge in [-0.05, 0) is 37.1 Å². The molecule has 0 spiro atoms. The van der Waals surface area contributed by atoms with E-state index in [4.69, 9.17) is 10.8 Å². The summed E-state index contributed by atoms with van der Waals surface area (Å²) in [4.78, 5) is 13.6. The van der Waals surface area contributed by atoms with Crippen LogP contribution >= 0.6 is 0 Å². The van der Waals surface area contributed by atoms with E-state index in [9.17, 15) is 4.79 Å². The SMILES string of the molecule is Nc1ccc(NC(=O)N(CCO)C2CC2)cc1. The van der Waals surface area contributed by atoms with Gasteiger partial charge in [0.2, 0.25) is 0 Å². The molecule has 2 amide bonds. The molecule has 1 aromatic rings. The largest absolute Gasteiger partial charge is 0.399 e. The van der Waals surface area contributed by atoms with Gasteiger partial charge in [0.15, 0.2) is 0 Å². The number of carbonyl (C=O) groups excluding carboxylic acids is 1. The summed E-state index contributed by atoms with van der Waals surface area (Å²) >= 11 is 0. The van der Waals surface area contributed by atoms with Crippen LogP contribution in [0.1, 0.15) is 12.8 Å². The Kier molecular flexibility index (Phi) is 3.49. The molecule has 17 heavy (non-hydrogen) atoms. The fourth-order valence-corrected chi connectivity index (χ4v) is 1.71. The van der Waals surface area contributed by atoms with E-state index in [1.165, 1.54) is 0 Å². The van der Waals surface area contributed by atoms with Gasteiger partial charge in [-0.1, -0.05) is 0 Å². The molecule has 5 nitrogen and oxygen atoms in total. The summed E-state index contributed by atoms with van der Waals surface area (Å²) < 4.78 is 0. The minimum Gasteiger partial charge on any atom is -0.399 e. The minimum absolute atomic E-state index is 0.00828. The van der Waals surface area contributed by atoms with E-state index >= 15 is 0 Å². The van der Waals surface area contributed by atoms with E-state index in [0.717, 1.165) is 12.8 Å². The first-order chi connectivity index (χ1) is 8.20. The quantitative estimate of drug-likeness (QED) is 0.687. The highest BCUT2D eigenvalue weighted by atomic mass is 16.3. The van der Waals surface area contributed by atoms with Crippen LogP contribution in [-0.2, 0) is 0 Å². The Labute approximate surface area is 100 Å². The molecule has 0 atom stereocenters. The molecule has 1 aromatic carbocycles. The van der Waals surface area contributed by atoms with Gasteiger partial charge in [-0.3, -0.25) is 0 Å². The predicted molar refractivity (Wildman–Crippen MR) is 66.7 cm³/mol. The molecule has 1 aliphatic rings. The topological polar surface area (TPSA) is 78.6 Å². The first-order valence-corrected chi connectivity index (χ1v) is 5.74. The van der Waals surface area contributed by atoms with Crippen molar-refractivity contribution in [1.29, 1.82) is 0 Å². The van der Waals surface area contributed by atoms with Crippen molar-refractivity contribution >= 4 is 17.4 Å². The van der Waals surface area contributed by atoms with Crippen molar-refractivity contribution < 1.29 is 9.90 Å². The second-order valence-corrected chi connectivity index (χ2v) is 4.20. The molecule has 0 aromatic heterocycles. The van der Waals surface area contributed by atoms with Crippen molar-refractivity contribution in [1.82, 2.24) is 4.90 Å². The second kappa shape index (κ2) is 5.05. The molecule has 4 N–H and O–H groups in total. The molecule has 0 heterocycles. The Morgan fingerprint density at radius 2 is 2.06 bits per heavy atom. The molecule has 2 rings (SSSR count). The molecule has 1 fully saturated rings. The van der Waals surface area contributed by atoms with Gasteiger partial charge in [0.1, 0.15) is 0 Å². The number of rotatable bonds is 4. The van der Waals surface area contributed by atoms with E-state index < -0.39 is 0 Å². The lowest BCUT2D eigenvalue weighted by atomic mass is 10.3. The van der Waals surface area contributed by atoms with Crippen molar-refractivity contribution in [2.24, 2.45) is 0 Å². The molecule has 1 saturated carbocycles. The maximum atomic E-state index is 11.9. The number of aliphatic hydroxyl groups excluding tert-OH is 1. The Hall–Kier alpha value is -1.75. The third-order valence-corrected chi connectivity index (χ3v) is 2.75. The molecule has 0 bridgehead atoms. The Balaban J connectivity index is 1.96. The summed E-state index contributed by atoms with van der Waals surface area (Å²) in [6.45, 7) is 0.372. The lowest BCUT2D eigenvalue weighted by Crippen LogP contribution is -2.38. The number of urea groups is 1. The van der Waals surface area contributed by atoms with Crippen LogP contribution in [0.25, 0.3) is 0 Å². The van der Waals surface area contributed by atoms with Crippen LogP contribution in [0.4, 0.5) is 16.2 Å².